The van der Waals surface area contributed by atoms with Gasteiger partial charge in [0, 0.05) is 4.83 Å². The molecule has 1 rings (SSSR count). The van der Waals surface area contributed by atoms with E-state index in [4.69, 9.17) is 4.74 Å². The average Bonchev–Trinajstić information content (AvgIpc) is 2.20. The van der Waals surface area contributed by atoms with E-state index in [1.165, 1.54) is 5.56 Å². The van der Waals surface area contributed by atoms with Crippen molar-refractivity contribution in [2.45, 2.75) is 32.0 Å². The Hall–Kier alpha value is -0.0200. The molecule has 0 aromatic heterocycles. The number of hydrogen-bond donors (Lipinski definition) is 0. The first-order valence-corrected chi connectivity index (χ1v) is 7.31. The summed E-state index contributed by atoms with van der Waals surface area (Å²) in [6, 6.07) is 6.28. The summed E-state index contributed by atoms with van der Waals surface area (Å²) in [5.74, 6) is 1.60. The quantitative estimate of drug-likeness (QED) is 0.653. The SMILES string of the molecule is CCOc1ccc(C(Br)CC(C)C)cc1Br. The zero-order valence-electron chi connectivity index (χ0n) is 9.97. The van der Waals surface area contributed by atoms with Crippen LogP contribution in [0.15, 0.2) is 22.7 Å². The minimum absolute atomic E-state index is 0.416. The number of hydrogen-bond acceptors (Lipinski definition) is 1. The normalized spacial score (nSPS) is 12.9. The highest BCUT2D eigenvalue weighted by molar-refractivity contribution is 9.10. The van der Waals surface area contributed by atoms with Crippen molar-refractivity contribution in [3.8, 4) is 5.75 Å². The van der Waals surface area contributed by atoms with Crippen molar-refractivity contribution in [2.24, 2.45) is 5.92 Å². The van der Waals surface area contributed by atoms with E-state index >= 15 is 0 Å². The van der Waals surface area contributed by atoms with Crippen LogP contribution in [-0.2, 0) is 0 Å². The molecule has 1 atom stereocenters. The van der Waals surface area contributed by atoms with Crippen LogP contribution < -0.4 is 4.74 Å². The third-order valence-electron chi connectivity index (χ3n) is 2.30. The third-order valence-corrected chi connectivity index (χ3v) is 3.82. The zero-order chi connectivity index (χ0) is 12.1. The van der Waals surface area contributed by atoms with Crippen LogP contribution in [0.3, 0.4) is 0 Å². The van der Waals surface area contributed by atoms with Crippen LogP contribution in [0.25, 0.3) is 0 Å². The Morgan fingerprint density at radius 1 is 1.31 bits per heavy atom. The van der Waals surface area contributed by atoms with E-state index in [0.29, 0.717) is 17.4 Å². The Morgan fingerprint density at radius 2 is 2.00 bits per heavy atom. The minimum Gasteiger partial charge on any atom is -0.493 e. The Bertz CT molecular complexity index is 337. The minimum atomic E-state index is 0.416. The molecule has 0 aliphatic rings. The predicted octanol–water partition coefficient (Wildman–Crippen LogP) is 5.33. The molecular formula is C13H18Br2O. The summed E-state index contributed by atoms with van der Waals surface area (Å²) in [5.41, 5.74) is 1.30. The summed E-state index contributed by atoms with van der Waals surface area (Å²) >= 11 is 7.26. The lowest BCUT2D eigenvalue weighted by Crippen LogP contribution is -1.97. The first kappa shape index (κ1) is 14.0. The van der Waals surface area contributed by atoms with Gasteiger partial charge >= 0.3 is 0 Å². The van der Waals surface area contributed by atoms with Gasteiger partial charge in [0.15, 0.2) is 0 Å². The first-order valence-electron chi connectivity index (χ1n) is 5.61. The second kappa shape index (κ2) is 6.65. The van der Waals surface area contributed by atoms with Gasteiger partial charge in [0.2, 0.25) is 0 Å². The largest absolute Gasteiger partial charge is 0.493 e. The second-order valence-corrected chi connectivity index (χ2v) is 6.18. The zero-order valence-corrected chi connectivity index (χ0v) is 13.1. The molecule has 0 spiro atoms. The Labute approximate surface area is 115 Å². The number of rotatable bonds is 5. The van der Waals surface area contributed by atoms with Crippen LogP contribution in [0.5, 0.6) is 5.75 Å². The van der Waals surface area contributed by atoms with Crippen molar-refractivity contribution in [3.05, 3.63) is 28.2 Å². The van der Waals surface area contributed by atoms with Gasteiger partial charge in [-0.3, -0.25) is 0 Å². The fraction of sp³-hybridized carbons (Fsp3) is 0.538. The van der Waals surface area contributed by atoms with Crippen LogP contribution in [0.4, 0.5) is 0 Å². The predicted molar refractivity (Wildman–Crippen MR) is 76.4 cm³/mol. The summed E-state index contributed by atoms with van der Waals surface area (Å²) in [5, 5.41) is 0. The Morgan fingerprint density at radius 3 is 2.50 bits per heavy atom. The monoisotopic (exact) mass is 348 g/mol. The summed E-state index contributed by atoms with van der Waals surface area (Å²) < 4.78 is 6.52. The van der Waals surface area contributed by atoms with Gasteiger partial charge in [-0.2, -0.15) is 0 Å². The molecule has 1 nitrogen and oxygen atoms in total. The maximum atomic E-state index is 5.49. The van der Waals surface area contributed by atoms with Crippen LogP contribution >= 0.6 is 31.9 Å². The molecule has 0 fully saturated rings. The van der Waals surface area contributed by atoms with Crippen LogP contribution in [0.1, 0.15) is 37.6 Å². The smallest absolute Gasteiger partial charge is 0.133 e. The van der Waals surface area contributed by atoms with Gasteiger partial charge in [-0.15, -0.1) is 0 Å². The molecule has 0 saturated heterocycles. The van der Waals surface area contributed by atoms with Crippen molar-refractivity contribution in [3.63, 3.8) is 0 Å². The molecule has 1 aromatic carbocycles. The van der Waals surface area contributed by atoms with Crippen molar-refractivity contribution < 1.29 is 4.74 Å². The maximum absolute atomic E-state index is 5.49. The molecule has 0 aliphatic heterocycles. The summed E-state index contributed by atoms with van der Waals surface area (Å²) in [6.45, 7) is 7.16. The molecule has 90 valence electrons. The first-order chi connectivity index (χ1) is 7.54. The molecule has 0 heterocycles. The molecule has 3 heteroatoms. The van der Waals surface area contributed by atoms with Gasteiger partial charge in [0.1, 0.15) is 5.75 Å². The average molecular weight is 350 g/mol. The molecule has 1 aromatic rings. The fourth-order valence-electron chi connectivity index (χ4n) is 1.53. The molecule has 0 aliphatic carbocycles. The van der Waals surface area contributed by atoms with E-state index in [-0.39, 0.29) is 0 Å². The fourth-order valence-corrected chi connectivity index (χ4v) is 3.08. The highest BCUT2D eigenvalue weighted by atomic mass is 79.9. The van der Waals surface area contributed by atoms with Crippen LogP contribution in [0.2, 0.25) is 0 Å². The van der Waals surface area contributed by atoms with Crippen LogP contribution in [-0.4, -0.2) is 6.61 Å². The molecule has 0 bridgehead atoms. The molecule has 0 radical (unpaired) electrons. The van der Waals surface area contributed by atoms with Gasteiger partial charge in [-0.05, 0) is 52.9 Å². The van der Waals surface area contributed by atoms with E-state index < -0.39 is 0 Å². The van der Waals surface area contributed by atoms with E-state index in [9.17, 15) is 0 Å². The van der Waals surface area contributed by atoms with Gasteiger partial charge in [-0.1, -0.05) is 35.8 Å². The number of ether oxygens (including phenoxy) is 1. The number of halogens is 2. The van der Waals surface area contributed by atoms with Gasteiger partial charge < -0.3 is 4.74 Å². The van der Waals surface area contributed by atoms with E-state index in [2.05, 4.69) is 57.8 Å². The second-order valence-electron chi connectivity index (χ2n) is 4.22. The van der Waals surface area contributed by atoms with Crippen molar-refractivity contribution in [1.82, 2.24) is 0 Å². The summed E-state index contributed by atoms with van der Waals surface area (Å²) in [4.78, 5) is 0.416. The van der Waals surface area contributed by atoms with Crippen molar-refractivity contribution in [1.29, 1.82) is 0 Å². The lowest BCUT2D eigenvalue weighted by atomic mass is 10.0. The third kappa shape index (κ3) is 4.10. The topological polar surface area (TPSA) is 9.23 Å². The highest BCUT2D eigenvalue weighted by Gasteiger charge is 2.11. The van der Waals surface area contributed by atoms with Gasteiger partial charge in [0.25, 0.3) is 0 Å². The lowest BCUT2D eigenvalue weighted by molar-refractivity contribution is 0.338. The van der Waals surface area contributed by atoms with E-state index in [1.54, 1.807) is 0 Å². The summed E-state index contributed by atoms with van der Waals surface area (Å²) in [7, 11) is 0. The molecule has 1 unspecified atom stereocenters. The Kier molecular flexibility index (Phi) is 5.84. The molecule has 0 saturated carbocycles. The molecule has 0 amide bonds. The number of benzene rings is 1. The van der Waals surface area contributed by atoms with Gasteiger partial charge in [-0.25, -0.2) is 0 Å². The standard InChI is InChI=1S/C13H18Br2O/c1-4-16-13-6-5-10(8-12(13)15)11(14)7-9(2)3/h5-6,8-9,11H,4,7H2,1-3H3. The van der Waals surface area contributed by atoms with Crippen molar-refractivity contribution in [2.75, 3.05) is 6.61 Å². The lowest BCUT2D eigenvalue weighted by Gasteiger charge is -2.14. The molecular weight excluding hydrogens is 332 g/mol. The highest BCUT2D eigenvalue weighted by Crippen LogP contribution is 2.34. The maximum Gasteiger partial charge on any atom is 0.133 e. The van der Waals surface area contributed by atoms with E-state index in [0.717, 1.165) is 16.6 Å². The Balaban J connectivity index is 2.79. The molecule has 16 heavy (non-hydrogen) atoms. The number of alkyl halides is 1. The van der Waals surface area contributed by atoms with E-state index in [1.807, 2.05) is 13.0 Å². The summed E-state index contributed by atoms with van der Waals surface area (Å²) in [6.07, 6.45) is 1.14. The van der Waals surface area contributed by atoms with Crippen LogP contribution in [0, 0.1) is 5.92 Å². The van der Waals surface area contributed by atoms with Crippen molar-refractivity contribution >= 4 is 31.9 Å². The molecule has 0 N–H and O–H groups in total. The van der Waals surface area contributed by atoms with Gasteiger partial charge in [0.05, 0.1) is 11.1 Å².